The summed E-state index contributed by atoms with van der Waals surface area (Å²) in [6.45, 7) is 0. The molecule has 6 nitrogen and oxygen atoms in total. The van der Waals surface area contributed by atoms with Crippen LogP contribution in [0.25, 0.3) is 0 Å². The second-order valence-corrected chi connectivity index (χ2v) is 6.65. The first kappa shape index (κ1) is 19.9. The standard InChI is InChI=1S/C19H11Cl3N2O4/c20-12-4-6-16(28-19(26)14-5-3-13(21)9-15(14)22)11(8-12)10-23-24-18(25)17-2-1-7-27-17/h1-10H,(H,24,25)/b23-10+. The summed E-state index contributed by atoms with van der Waals surface area (Å²) in [6, 6.07) is 12.1. The monoisotopic (exact) mass is 436 g/mol. The molecule has 0 bridgehead atoms. The quantitative estimate of drug-likeness (QED) is 0.257. The summed E-state index contributed by atoms with van der Waals surface area (Å²) in [5.41, 5.74) is 2.81. The van der Waals surface area contributed by atoms with Crippen LogP contribution in [-0.4, -0.2) is 18.1 Å². The smallest absolute Gasteiger partial charge is 0.345 e. The van der Waals surface area contributed by atoms with Crippen LogP contribution >= 0.6 is 34.8 Å². The third-order valence-corrected chi connectivity index (χ3v) is 4.22. The second kappa shape index (κ2) is 8.93. The number of hydrogen-bond donors (Lipinski definition) is 1. The molecule has 1 amide bonds. The number of nitrogens with one attached hydrogen (secondary N) is 1. The van der Waals surface area contributed by atoms with Crippen LogP contribution in [0.4, 0.5) is 0 Å². The highest BCUT2D eigenvalue weighted by atomic mass is 35.5. The SMILES string of the molecule is O=C(N/N=C/c1cc(Cl)ccc1OC(=O)c1ccc(Cl)cc1Cl)c1ccco1. The molecule has 0 aliphatic heterocycles. The van der Waals surface area contributed by atoms with Crippen LogP contribution in [0, 0.1) is 0 Å². The lowest BCUT2D eigenvalue weighted by atomic mass is 10.2. The molecule has 0 saturated heterocycles. The van der Waals surface area contributed by atoms with Crippen molar-refractivity contribution in [3.63, 3.8) is 0 Å². The number of carbonyl (C=O) groups excluding carboxylic acids is 2. The van der Waals surface area contributed by atoms with Gasteiger partial charge in [-0.3, -0.25) is 4.79 Å². The van der Waals surface area contributed by atoms with Crippen LogP contribution < -0.4 is 10.2 Å². The number of amides is 1. The molecule has 0 aliphatic rings. The van der Waals surface area contributed by atoms with Gasteiger partial charge in [-0.1, -0.05) is 34.8 Å². The van der Waals surface area contributed by atoms with Gasteiger partial charge in [-0.2, -0.15) is 5.10 Å². The average Bonchev–Trinajstić information content (AvgIpc) is 3.18. The maximum absolute atomic E-state index is 12.4. The van der Waals surface area contributed by atoms with Crippen LogP contribution in [0.3, 0.4) is 0 Å². The Kier molecular flexibility index (Phi) is 6.36. The minimum Gasteiger partial charge on any atom is -0.459 e. The molecule has 9 heteroatoms. The molecule has 0 aliphatic carbocycles. The van der Waals surface area contributed by atoms with Gasteiger partial charge < -0.3 is 9.15 Å². The summed E-state index contributed by atoms with van der Waals surface area (Å²) in [6.07, 6.45) is 2.66. The fourth-order valence-corrected chi connectivity index (χ4v) is 2.81. The molecule has 0 fully saturated rings. The van der Waals surface area contributed by atoms with E-state index in [-0.39, 0.29) is 22.1 Å². The lowest BCUT2D eigenvalue weighted by molar-refractivity contribution is 0.0734. The molecular formula is C19H11Cl3N2O4. The van der Waals surface area contributed by atoms with Crippen LogP contribution in [0.1, 0.15) is 26.5 Å². The maximum atomic E-state index is 12.4. The van der Waals surface area contributed by atoms with Crippen molar-refractivity contribution in [3.8, 4) is 5.75 Å². The van der Waals surface area contributed by atoms with Gasteiger partial charge in [-0.05, 0) is 48.5 Å². The van der Waals surface area contributed by atoms with Crippen molar-refractivity contribution in [2.45, 2.75) is 0 Å². The normalized spacial score (nSPS) is 10.8. The fraction of sp³-hybridized carbons (Fsp3) is 0. The van der Waals surface area contributed by atoms with Crippen molar-refractivity contribution in [1.82, 2.24) is 5.43 Å². The predicted molar refractivity (Wildman–Crippen MR) is 107 cm³/mol. The first-order valence-electron chi connectivity index (χ1n) is 7.78. The van der Waals surface area contributed by atoms with Crippen molar-refractivity contribution >= 4 is 52.9 Å². The Hall–Kier alpha value is -2.80. The molecule has 1 aromatic heterocycles. The lowest BCUT2D eigenvalue weighted by Crippen LogP contribution is -2.17. The molecule has 1 heterocycles. The molecule has 142 valence electrons. The first-order valence-corrected chi connectivity index (χ1v) is 8.91. The van der Waals surface area contributed by atoms with Gasteiger partial charge in [0.25, 0.3) is 0 Å². The van der Waals surface area contributed by atoms with Crippen LogP contribution in [0.15, 0.2) is 64.3 Å². The number of hydrogen-bond acceptors (Lipinski definition) is 5. The summed E-state index contributed by atoms with van der Waals surface area (Å²) in [4.78, 5) is 24.2. The highest BCUT2D eigenvalue weighted by Gasteiger charge is 2.15. The number of halogens is 3. The van der Waals surface area contributed by atoms with Gasteiger partial charge in [0.15, 0.2) is 5.76 Å². The van der Waals surface area contributed by atoms with E-state index in [1.165, 1.54) is 48.9 Å². The number of nitrogens with zero attached hydrogens (tertiary/aromatic N) is 1. The van der Waals surface area contributed by atoms with Gasteiger partial charge in [-0.15, -0.1) is 0 Å². The molecular weight excluding hydrogens is 427 g/mol. The minimum atomic E-state index is -0.682. The summed E-state index contributed by atoms with van der Waals surface area (Å²) in [7, 11) is 0. The number of carbonyl (C=O) groups is 2. The van der Waals surface area contributed by atoms with E-state index < -0.39 is 11.9 Å². The molecule has 0 atom stereocenters. The average molecular weight is 438 g/mol. The second-order valence-electron chi connectivity index (χ2n) is 5.37. The number of furan rings is 1. The summed E-state index contributed by atoms with van der Waals surface area (Å²) in [5, 5.41) is 4.78. The van der Waals surface area contributed by atoms with E-state index in [1.807, 2.05) is 0 Å². The first-order chi connectivity index (χ1) is 13.4. The van der Waals surface area contributed by atoms with Gasteiger partial charge >= 0.3 is 11.9 Å². The molecule has 0 radical (unpaired) electrons. The summed E-state index contributed by atoms with van der Waals surface area (Å²) < 4.78 is 10.4. The number of benzene rings is 2. The number of esters is 1. The van der Waals surface area contributed by atoms with Crippen molar-refractivity contribution in [1.29, 1.82) is 0 Å². The molecule has 28 heavy (non-hydrogen) atoms. The Balaban J connectivity index is 1.77. The predicted octanol–water partition coefficient (Wildman–Crippen LogP) is 5.22. The lowest BCUT2D eigenvalue weighted by Gasteiger charge is -2.09. The molecule has 0 saturated carbocycles. The molecule has 3 aromatic rings. The van der Waals surface area contributed by atoms with Gasteiger partial charge in [0.1, 0.15) is 5.75 Å². The number of rotatable bonds is 5. The van der Waals surface area contributed by atoms with E-state index in [2.05, 4.69) is 10.5 Å². The molecule has 0 unspecified atom stereocenters. The Morgan fingerprint density at radius 1 is 1.04 bits per heavy atom. The number of hydrazone groups is 1. The van der Waals surface area contributed by atoms with Crippen molar-refractivity contribution in [2.75, 3.05) is 0 Å². The van der Waals surface area contributed by atoms with E-state index in [0.29, 0.717) is 15.6 Å². The molecule has 3 rings (SSSR count). The summed E-state index contributed by atoms with van der Waals surface area (Å²) >= 11 is 17.9. The van der Waals surface area contributed by atoms with E-state index in [9.17, 15) is 9.59 Å². The zero-order chi connectivity index (χ0) is 20.1. The van der Waals surface area contributed by atoms with E-state index >= 15 is 0 Å². The molecule has 2 aromatic carbocycles. The molecule has 1 N–H and O–H groups in total. The zero-order valence-corrected chi connectivity index (χ0v) is 16.3. The van der Waals surface area contributed by atoms with Crippen LogP contribution in [0.2, 0.25) is 15.1 Å². The van der Waals surface area contributed by atoms with Gasteiger partial charge in [0, 0.05) is 15.6 Å². The Bertz CT molecular complexity index is 1050. The van der Waals surface area contributed by atoms with E-state index in [1.54, 1.807) is 12.1 Å². The third-order valence-electron chi connectivity index (χ3n) is 3.44. The Morgan fingerprint density at radius 2 is 1.79 bits per heavy atom. The highest BCUT2D eigenvalue weighted by molar-refractivity contribution is 6.36. The van der Waals surface area contributed by atoms with Gasteiger partial charge in [0.05, 0.1) is 23.1 Å². The van der Waals surface area contributed by atoms with Gasteiger partial charge in [-0.25, -0.2) is 10.2 Å². The molecule has 0 spiro atoms. The Labute approximate surface area is 174 Å². The van der Waals surface area contributed by atoms with E-state index in [0.717, 1.165) is 0 Å². The van der Waals surface area contributed by atoms with E-state index in [4.69, 9.17) is 44.0 Å². The third kappa shape index (κ3) is 4.92. The maximum Gasteiger partial charge on any atom is 0.345 e. The van der Waals surface area contributed by atoms with Crippen molar-refractivity contribution < 1.29 is 18.7 Å². The topological polar surface area (TPSA) is 80.9 Å². The minimum absolute atomic E-state index is 0.104. The Morgan fingerprint density at radius 3 is 2.50 bits per heavy atom. The van der Waals surface area contributed by atoms with Crippen LogP contribution in [0.5, 0.6) is 5.75 Å². The number of ether oxygens (including phenoxy) is 1. The van der Waals surface area contributed by atoms with Crippen molar-refractivity contribution in [3.05, 3.63) is 86.7 Å². The van der Waals surface area contributed by atoms with Gasteiger partial charge in [0.2, 0.25) is 0 Å². The highest BCUT2D eigenvalue weighted by Crippen LogP contribution is 2.25. The zero-order valence-electron chi connectivity index (χ0n) is 14.0. The largest absolute Gasteiger partial charge is 0.459 e. The van der Waals surface area contributed by atoms with Crippen molar-refractivity contribution in [2.24, 2.45) is 5.10 Å². The fourth-order valence-electron chi connectivity index (χ4n) is 2.15. The summed E-state index contributed by atoms with van der Waals surface area (Å²) in [5.74, 6) is -0.934. The van der Waals surface area contributed by atoms with Crippen LogP contribution in [-0.2, 0) is 0 Å².